The number of nitrogens with zero attached hydrogens (tertiary/aromatic N) is 3. The van der Waals surface area contributed by atoms with E-state index in [1.807, 2.05) is 13.8 Å². The molecule has 2 rings (SSSR count). The molecular weight excluding hydrogens is 195 g/mol. The van der Waals surface area contributed by atoms with Crippen molar-refractivity contribution in [3.63, 3.8) is 0 Å². The summed E-state index contributed by atoms with van der Waals surface area (Å²) in [5.74, 6) is -0.491. The molecule has 0 saturated carbocycles. The molecule has 0 atom stereocenters. The minimum Gasteiger partial charge on any atom is -0.395 e. The standard InChI is InChI=1S/C10H13FN4/c1-5(2)6-7(12)9(11)14-10-8(6)13-4-15(10)3/h4-5H,12H2,1-3H3. The highest BCUT2D eigenvalue weighted by atomic mass is 19.1. The van der Waals surface area contributed by atoms with Crippen molar-refractivity contribution in [2.45, 2.75) is 19.8 Å². The zero-order valence-electron chi connectivity index (χ0n) is 8.95. The van der Waals surface area contributed by atoms with Gasteiger partial charge in [-0.1, -0.05) is 13.8 Å². The van der Waals surface area contributed by atoms with E-state index >= 15 is 0 Å². The second kappa shape index (κ2) is 3.18. The molecule has 0 radical (unpaired) electrons. The van der Waals surface area contributed by atoms with Gasteiger partial charge >= 0.3 is 0 Å². The van der Waals surface area contributed by atoms with E-state index in [9.17, 15) is 4.39 Å². The number of anilines is 1. The fourth-order valence-corrected chi connectivity index (χ4v) is 1.72. The van der Waals surface area contributed by atoms with Crippen molar-refractivity contribution in [3.05, 3.63) is 17.8 Å². The van der Waals surface area contributed by atoms with Crippen molar-refractivity contribution in [2.24, 2.45) is 7.05 Å². The van der Waals surface area contributed by atoms with Gasteiger partial charge < -0.3 is 10.3 Å². The summed E-state index contributed by atoms with van der Waals surface area (Å²) >= 11 is 0. The molecule has 2 aromatic rings. The number of rotatable bonds is 1. The molecule has 15 heavy (non-hydrogen) atoms. The van der Waals surface area contributed by atoms with Gasteiger partial charge in [-0.25, -0.2) is 4.98 Å². The van der Waals surface area contributed by atoms with Gasteiger partial charge in [0, 0.05) is 12.6 Å². The summed E-state index contributed by atoms with van der Waals surface area (Å²) in [7, 11) is 1.78. The molecule has 5 heteroatoms. The van der Waals surface area contributed by atoms with E-state index in [0.717, 1.165) is 5.56 Å². The lowest BCUT2D eigenvalue weighted by Gasteiger charge is -2.10. The van der Waals surface area contributed by atoms with E-state index in [0.29, 0.717) is 11.2 Å². The van der Waals surface area contributed by atoms with Crippen LogP contribution in [-0.2, 0) is 7.05 Å². The Morgan fingerprint density at radius 1 is 1.47 bits per heavy atom. The van der Waals surface area contributed by atoms with E-state index in [-0.39, 0.29) is 11.6 Å². The normalized spacial score (nSPS) is 11.5. The molecule has 0 amide bonds. The Bertz CT molecular complexity index is 516. The Balaban J connectivity index is 2.90. The van der Waals surface area contributed by atoms with E-state index in [2.05, 4.69) is 9.97 Å². The molecule has 2 heterocycles. The van der Waals surface area contributed by atoms with E-state index in [1.165, 1.54) is 0 Å². The minimum absolute atomic E-state index is 0.108. The lowest BCUT2D eigenvalue weighted by molar-refractivity contribution is 0.588. The molecule has 2 aromatic heterocycles. The van der Waals surface area contributed by atoms with Crippen molar-refractivity contribution in [3.8, 4) is 0 Å². The Morgan fingerprint density at radius 3 is 2.73 bits per heavy atom. The van der Waals surface area contributed by atoms with Crippen LogP contribution in [0.2, 0.25) is 0 Å². The average Bonchev–Trinajstić information content (AvgIpc) is 2.49. The monoisotopic (exact) mass is 208 g/mol. The molecule has 0 aromatic carbocycles. The number of fused-ring (bicyclic) bond motifs is 1. The van der Waals surface area contributed by atoms with Crippen LogP contribution < -0.4 is 5.73 Å². The number of aryl methyl sites for hydroxylation is 1. The first kappa shape index (κ1) is 9.89. The minimum atomic E-state index is -0.616. The number of hydrogen-bond acceptors (Lipinski definition) is 3. The fourth-order valence-electron chi connectivity index (χ4n) is 1.72. The molecule has 2 N–H and O–H groups in total. The molecule has 0 aliphatic heterocycles. The van der Waals surface area contributed by atoms with Gasteiger partial charge in [-0.15, -0.1) is 0 Å². The quantitative estimate of drug-likeness (QED) is 0.727. The van der Waals surface area contributed by atoms with Crippen LogP contribution >= 0.6 is 0 Å². The van der Waals surface area contributed by atoms with Gasteiger partial charge in [-0.3, -0.25) is 0 Å². The van der Waals surface area contributed by atoms with Crippen LogP contribution in [0, 0.1) is 5.95 Å². The van der Waals surface area contributed by atoms with Crippen molar-refractivity contribution in [1.82, 2.24) is 14.5 Å². The van der Waals surface area contributed by atoms with Crippen LogP contribution in [0.4, 0.5) is 10.1 Å². The smallest absolute Gasteiger partial charge is 0.238 e. The number of nitrogens with two attached hydrogens (primary N) is 1. The van der Waals surface area contributed by atoms with Gasteiger partial charge in [0.2, 0.25) is 5.95 Å². The van der Waals surface area contributed by atoms with Gasteiger partial charge in [0.15, 0.2) is 5.65 Å². The number of aromatic nitrogens is 3. The summed E-state index contributed by atoms with van der Waals surface area (Å²) in [5, 5.41) is 0. The highest BCUT2D eigenvalue weighted by Crippen LogP contribution is 2.29. The second-order valence-electron chi connectivity index (χ2n) is 3.91. The highest BCUT2D eigenvalue weighted by Gasteiger charge is 2.17. The summed E-state index contributed by atoms with van der Waals surface area (Å²) in [5.41, 5.74) is 7.73. The lowest BCUT2D eigenvalue weighted by atomic mass is 10.0. The number of pyridine rings is 1. The highest BCUT2D eigenvalue weighted by molar-refractivity contribution is 5.81. The molecule has 4 nitrogen and oxygen atoms in total. The zero-order valence-corrected chi connectivity index (χ0v) is 8.95. The number of hydrogen-bond donors (Lipinski definition) is 1. The summed E-state index contributed by atoms with van der Waals surface area (Å²) in [6.07, 6.45) is 1.61. The predicted molar refractivity (Wildman–Crippen MR) is 57.0 cm³/mol. The van der Waals surface area contributed by atoms with Gasteiger partial charge in [-0.2, -0.15) is 9.37 Å². The molecule has 0 spiro atoms. The Kier molecular flexibility index (Phi) is 2.10. The maximum absolute atomic E-state index is 13.4. The van der Waals surface area contributed by atoms with E-state index in [1.54, 1.807) is 17.9 Å². The van der Waals surface area contributed by atoms with Gasteiger partial charge in [0.05, 0.1) is 12.0 Å². The molecule has 0 bridgehead atoms. The second-order valence-corrected chi connectivity index (χ2v) is 3.91. The van der Waals surface area contributed by atoms with Crippen LogP contribution in [0.5, 0.6) is 0 Å². The van der Waals surface area contributed by atoms with E-state index in [4.69, 9.17) is 5.73 Å². The summed E-state index contributed by atoms with van der Waals surface area (Å²) in [4.78, 5) is 7.98. The summed E-state index contributed by atoms with van der Waals surface area (Å²) in [6.45, 7) is 3.92. The maximum Gasteiger partial charge on any atom is 0.238 e. The van der Waals surface area contributed by atoms with Crippen molar-refractivity contribution in [1.29, 1.82) is 0 Å². The molecular formula is C10H13FN4. The third kappa shape index (κ3) is 1.35. The first-order chi connectivity index (χ1) is 7.02. The number of nitrogen functional groups attached to an aromatic ring is 1. The van der Waals surface area contributed by atoms with Crippen LogP contribution in [0.3, 0.4) is 0 Å². The summed E-state index contributed by atoms with van der Waals surface area (Å²) < 4.78 is 15.1. The van der Waals surface area contributed by atoms with Crippen molar-refractivity contribution < 1.29 is 4.39 Å². The van der Waals surface area contributed by atoms with Crippen LogP contribution in [0.25, 0.3) is 11.2 Å². The topological polar surface area (TPSA) is 56.7 Å². The van der Waals surface area contributed by atoms with E-state index < -0.39 is 5.95 Å². The molecule has 0 aliphatic rings. The number of imidazole rings is 1. The molecule has 0 saturated heterocycles. The molecule has 0 fully saturated rings. The first-order valence-electron chi connectivity index (χ1n) is 4.78. The molecule has 80 valence electrons. The first-order valence-corrected chi connectivity index (χ1v) is 4.78. The third-order valence-corrected chi connectivity index (χ3v) is 2.45. The Hall–Kier alpha value is -1.65. The van der Waals surface area contributed by atoms with Gasteiger partial charge in [0.1, 0.15) is 5.52 Å². The van der Waals surface area contributed by atoms with Gasteiger partial charge in [-0.05, 0) is 5.92 Å². The van der Waals surface area contributed by atoms with Crippen molar-refractivity contribution >= 4 is 16.9 Å². The third-order valence-electron chi connectivity index (χ3n) is 2.45. The SMILES string of the molecule is CC(C)c1c(N)c(F)nc2c1ncn2C. The van der Waals surface area contributed by atoms with Crippen LogP contribution in [-0.4, -0.2) is 14.5 Å². The zero-order chi connectivity index (χ0) is 11.2. The Labute approximate surface area is 86.9 Å². The van der Waals surface area contributed by atoms with Gasteiger partial charge in [0.25, 0.3) is 0 Å². The average molecular weight is 208 g/mol. The lowest BCUT2D eigenvalue weighted by Crippen LogP contribution is -2.04. The van der Waals surface area contributed by atoms with Crippen LogP contribution in [0.1, 0.15) is 25.3 Å². The molecule has 0 unspecified atom stereocenters. The maximum atomic E-state index is 13.4. The largest absolute Gasteiger partial charge is 0.395 e. The number of halogens is 1. The Morgan fingerprint density at radius 2 is 2.13 bits per heavy atom. The van der Waals surface area contributed by atoms with Crippen molar-refractivity contribution in [2.75, 3.05) is 5.73 Å². The fraction of sp³-hybridized carbons (Fsp3) is 0.400. The van der Waals surface area contributed by atoms with Crippen LogP contribution in [0.15, 0.2) is 6.33 Å². The molecule has 0 aliphatic carbocycles. The predicted octanol–water partition coefficient (Wildman–Crippen LogP) is 1.81. The summed E-state index contributed by atoms with van der Waals surface area (Å²) in [6, 6.07) is 0.